The van der Waals surface area contributed by atoms with Gasteiger partial charge >= 0.3 is 0 Å². The molecule has 0 aromatic heterocycles. The van der Waals surface area contributed by atoms with Crippen molar-refractivity contribution in [2.45, 2.75) is 22.6 Å². The smallest absolute Gasteiger partial charge is 0.261 e. The van der Waals surface area contributed by atoms with E-state index in [9.17, 15) is 21.2 Å². The summed E-state index contributed by atoms with van der Waals surface area (Å²) in [6.45, 7) is 1.09. The SMILES string of the molecule is O=S(=O)(CC1CCOCC1)c1ccc(S(=O)(=O)Nc2ccc(Cl)cc2F)cc1. The Morgan fingerprint density at radius 3 is 2.21 bits per heavy atom. The molecule has 1 saturated heterocycles. The molecule has 3 rings (SSSR count). The molecular weight excluding hydrogens is 429 g/mol. The highest BCUT2D eigenvalue weighted by Gasteiger charge is 2.24. The molecule has 0 bridgehead atoms. The first-order valence-corrected chi connectivity index (χ1v) is 12.1. The van der Waals surface area contributed by atoms with Crippen molar-refractivity contribution in [2.75, 3.05) is 23.7 Å². The van der Waals surface area contributed by atoms with Crippen LogP contribution in [-0.4, -0.2) is 35.8 Å². The summed E-state index contributed by atoms with van der Waals surface area (Å²) >= 11 is 5.65. The average molecular weight is 448 g/mol. The third-order valence-corrected chi connectivity index (χ3v) is 7.98. The van der Waals surface area contributed by atoms with Gasteiger partial charge in [-0.15, -0.1) is 0 Å². The highest BCUT2D eigenvalue weighted by atomic mass is 35.5. The van der Waals surface area contributed by atoms with E-state index in [1.807, 2.05) is 0 Å². The molecule has 6 nitrogen and oxygen atoms in total. The van der Waals surface area contributed by atoms with E-state index in [2.05, 4.69) is 4.72 Å². The van der Waals surface area contributed by atoms with Crippen molar-refractivity contribution in [3.8, 4) is 0 Å². The van der Waals surface area contributed by atoms with Crippen molar-refractivity contribution >= 4 is 37.1 Å². The summed E-state index contributed by atoms with van der Waals surface area (Å²) in [4.78, 5) is -0.123. The predicted molar refractivity (Wildman–Crippen MR) is 104 cm³/mol. The molecule has 2 aromatic carbocycles. The minimum absolute atomic E-state index is 0.00328. The van der Waals surface area contributed by atoms with E-state index in [-0.39, 0.29) is 32.2 Å². The monoisotopic (exact) mass is 447 g/mol. The molecule has 0 unspecified atom stereocenters. The molecule has 1 N–H and O–H groups in total. The number of ether oxygens (including phenoxy) is 1. The molecule has 1 aliphatic rings. The fraction of sp³-hybridized carbons (Fsp3) is 0.333. The van der Waals surface area contributed by atoms with E-state index in [1.165, 1.54) is 36.4 Å². The molecular formula is C18H19ClFNO5S2. The molecule has 10 heteroatoms. The fourth-order valence-corrected chi connectivity index (χ4v) is 5.84. The minimum Gasteiger partial charge on any atom is -0.381 e. The maximum absolute atomic E-state index is 13.8. The molecule has 28 heavy (non-hydrogen) atoms. The quantitative estimate of drug-likeness (QED) is 0.732. The number of anilines is 1. The second-order valence-electron chi connectivity index (χ2n) is 6.54. The van der Waals surface area contributed by atoms with E-state index < -0.39 is 25.7 Å². The Kier molecular flexibility index (Phi) is 6.28. The van der Waals surface area contributed by atoms with Gasteiger partial charge in [-0.25, -0.2) is 21.2 Å². The molecule has 0 radical (unpaired) electrons. The lowest BCUT2D eigenvalue weighted by Crippen LogP contribution is -2.23. The van der Waals surface area contributed by atoms with Crippen LogP contribution in [0.25, 0.3) is 0 Å². The zero-order chi connectivity index (χ0) is 20.4. The van der Waals surface area contributed by atoms with Crippen LogP contribution >= 0.6 is 11.6 Å². The van der Waals surface area contributed by atoms with Gasteiger partial charge in [-0.2, -0.15) is 0 Å². The first-order valence-electron chi connectivity index (χ1n) is 8.56. The van der Waals surface area contributed by atoms with Gasteiger partial charge in [0.25, 0.3) is 10.0 Å². The maximum Gasteiger partial charge on any atom is 0.261 e. The summed E-state index contributed by atoms with van der Waals surface area (Å²) in [7, 11) is -7.62. The highest BCUT2D eigenvalue weighted by molar-refractivity contribution is 7.92. The van der Waals surface area contributed by atoms with Crippen LogP contribution in [0, 0.1) is 11.7 Å². The highest BCUT2D eigenvalue weighted by Crippen LogP contribution is 2.25. The van der Waals surface area contributed by atoms with E-state index in [1.54, 1.807) is 0 Å². The first-order chi connectivity index (χ1) is 13.2. The van der Waals surface area contributed by atoms with Crippen LogP contribution in [-0.2, 0) is 24.6 Å². The molecule has 0 aliphatic carbocycles. The van der Waals surface area contributed by atoms with Crippen LogP contribution < -0.4 is 4.72 Å². The maximum atomic E-state index is 13.8. The van der Waals surface area contributed by atoms with Crippen LogP contribution in [0.1, 0.15) is 12.8 Å². The lowest BCUT2D eigenvalue weighted by molar-refractivity contribution is 0.0723. The largest absolute Gasteiger partial charge is 0.381 e. The number of rotatable bonds is 6. The summed E-state index contributed by atoms with van der Waals surface area (Å²) in [6.07, 6.45) is 1.37. The van der Waals surface area contributed by atoms with E-state index >= 15 is 0 Å². The Balaban J connectivity index is 1.77. The summed E-state index contributed by atoms with van der Waals surface area (Å²) in [5, 5.41) is 0.138. The van der Waals surface area contributed by atoms with Gasteiger partial charge in [0.1, 0.15) is 5.82 Å². The van der Waals surface area contributed by atoms with Crippen molar-refractivity contribution in [3.63, 3.8) is 0 Å². The lowest BCUT2D eigenvalue weighted by Gasteiger charge is -2.21. The van der Waals surface area contributed by atoms with Crippen molar-refractivity contribution in [1.82, 2.24) is 0 Å². The number of nitrogens with one attached hydrogen (secondary N) is 1. The summed E-state index contributed by atoms with van der Waals surface area (Å²) in [5.74, 6) is -0.792. The lowest BCUT2D eigenvalue weighted by atomic mass is 10.0. The van der Waals surface area contributed by atoms with Gasteiger partial charge in [-0.3, -0.25) is 4.72 Å². The Labute approximate surface area is 168 Å². The Morgan fingerprint density at radius 1 is 1.00 bits per heavy atom. The van der Waals surface area contributed by atoms with Gasteiger partial charge in [0.05, 0.1) is 21.2 Å². The minimum atomic E-state index is -4.08. The molecule has 1 aliphatic heterocycles. The van der Waals surface area contributed by atoms with Crippen LogP contribution in [0.15, 0.2) is 52.3 Å². The topological polar surface area (TPSA) is 89.5 Å². The summed E-state index contributed by atoms with van der Waals surface area (Å²) in [6, 6.07) is 8.44. The van der Waals surface area contributed by atoms with E-state index in [0.29, 0.717) is 26.1 Å². The molecule has 0 amide bonds. The van der Waals surface area contributed by atoms with Gasteiger partial charge in [-0.05, 0) is 61.2 Å². The second kappa shape index (κ2) is 8.36. The first kappa shape index (κ1) is 21.0. The third-order valence-electron chi connectivity index (χ3n) is 4.46. The van der Waals surface area contributed by atoms with Gasteiger partial charge in [0.15, 0.2) is 9.84 Å². The van der Waals surface area contributed by atoms with Gasteiger partial charge in [0, 0.05) is 18.2 Å². The van der Waals surface area contributed by atoms with Gasteiger partial charge in [0.2, 0.25) is 0 Å². The van der Waals surface area contributed by atoms with Crippen LogP contribution in [0.2, 0.25) is 5.02 Å². The number of sulfonamides is 1. The Bertz CT molecular complexity index is 1050. The van der Waals surface area contributed by atoms with Gasteiger partial charge < -0.3 is 4.74 Å². The molecule has 0 spiro atoms. The molecule has 0 atom stereocenters. The normalized spacial score (nSPS) is 16.1. The number of hydrogen-bond donors (Lipinski definition) is 1. The molecule has 0 saturated carbocycles. The zero-order valence-electron chi connectivity index (χ0n) is 14.8. The Morgan fingerprint density at radius 2 is 1.61 bits per heavy atom. The number of halogens is 2. The van der Waals surface area contributed by atoms with E-state index in [4.69, 9.17) is 16.3 Å². The summed E-state index contributed by atoms with van der Waals surface area (Å²) in [5.41, 5.74) is -0.249. The fourth-order valence-electron chi connectivity index (χ4n) is 2.92. The molecule has 152 valence electrons. The van der Waals surface area contributed by atoms with Crippen molar-refractivity contribution < 1.29 is 26.0 Å². The predicted octanol–water partition coefficient (Wildman–Crippen LogP) is 3.48. The van der Waals surface area contributed by atoms with Crippen LogP contribution in [0.5, 0.6) is 0 Å². The molecule has 1 heterocycles. The van der Waals surface area contributed by atoms with Crippen LogP contribution in [0.3, 0.4) is 0 Å². The number of sulfone groups is 1. The Hall–Kier alpha value is -1.68. The third kappa shape index (κ3) is 5.02. The standard InChI is InChI=1S/C18H19ClFNO5S2/c19-14-1-6-18(17(20)11-14)21-28(24,25)16-4-2-15(3-5-16)27(22,23)12-13-7-9-26-10-8-13/h1-6,11,13,21H,7-10,12H2. The summed E-state index contributed by atoms with van der Waals surface area (Å²) < 4.78 is 71.2. The number of benzene rings is 2. The van der Waals surface area contributed by atoms with Crippen molar-refractivity contribution in [3.05, 3.63) is 53.3 Å². The second-order valence-corrected chi connectivity index (χ2v) is 10.7. The molecule has 2 aromatic rings. The van der Waals surface area contributed by atoms with Crippen molar-refractivity contribution in [2.24, 2.45) is 5.92 Å². The van der Waals surface area contributed by atoms with E-state index in [0.717, 1.165) is 6.07 Å². The number of hydrogen-bond acceptors (Lipinski definition) is 5. The molecule has 1 fully saturated rings. The van der Waals surface area contributed by atoms with Gasteiger partial charge in [-0.1, -0.05) is 11.6 Å². The van der Waals surface area contributed by atoms with Crippen LogP contribution in [0.4, 0.5) is 10.1 Å². The average Bonchev–Trinajstić information content (AvgIpc) is 2.65. The zero-order valence-corrected chi connectivity index (χ0v) is 17.2. The van der Waals surface area contributed by atoms with Crippen molar-refractivity contribution in [1.29, 1.82) is 0 Å².